The van der Waals surface area contributed by atoms with Crippen molar-refractivity contribution in [2.45, 2.75) is 24.8 Å². The van der Waals surface area contributed by atoms with E-state index in [1.54, 1.807) is 12.1 Å². The standard InChI is InChI=1S/C12H15BrO4S/c1-8(2)17-5-6-18(16)9-3-4-11(13)10(7-9)12(14)15/h3-4,7-8H,5-6H2,1-2H3,(H,14,15). The highest BCUT2D eigenvalue weighted by Gasteiger charge is 2.12. The van der Waals surface area contributed by atoms with E-state index in [0.29, 0.717) is 21.7 Å². The number of aromatic carboxylic acids is 1. The van der Waals surface area contributed by atoms with Gasteiger partial charge >= 0.3 is 5.97 Å². The number of carbonyl (C=O) groups is 1. The average Bonchev–Trinajstić information content (AvgIpc) is 2.28. The molecule has 0 aliphatic heterocycles. The third-order valence-electron chi connectivity index (χ3n) is 2.15. The van der Waals surface area contributed by atoms with Crippen molar-refractivity contribution in [3.05, 3.63) is 28.2 Å². The first kappa shape index (κ1) is 15.3. The number of carboxylic acid groups (broad SMARTS) is 1. The molecular weight excluding hydrogens is 320 g/mol. The molecule has 0 spiro atoms. The van der Waals surface area contributed by atoms with Crippen LogP contribution in [0.15, 0.2) is 27.6 Å². The maximum absolute atomic E-state index is 11.9. The van der Waals surface area contributed by atoms with Gasteiger partial charge in [-0.25, -0.2) is 4.79 Å². The molecule has 0 aliphatic carbocycles. The molecule has 6 heteroatoms. The van der Waals surface area contributed by atoms with Crippen LogP contribution in [-0.4, -0.2) is 33.7 Å². The molecule has 0 saturated heterocycles. The zero-order valence-electron chi connectivity index (χ0n) is 10.2. The van der Waals surface area contributed by atoms with Crippen molar-refractivity contribution in [1.29, 1.82) is 0 Å². The molecule has 100 valence electrons. The summed E-state index contributed by atoms with van der Waals surface area (Å²) in [5, 5.41) is 8.97. The molecule has 0 heterocycles. The quantitative estimate of drug-likeness (QED) is 0.868. The SMILES string of the molecule is CC(C)OCCS(=O)c1ccc(Br)c(C(=O)O)c1. The lowest BCUT2D eigenvalue weighted by Gasteiger charge is -2.08. The fraction of sp³-hybridized carbons (Fsp3) is 0.417. The summed E-state index contributed by atoms with van der Waals surface area (Å²) in [6.07, 6.45) is 0.0986. The topological polar surface area (TPSA) is 63.6 Å². The van der Waals surface area contributed by atoms with Gasteiger partial charge in [-0.05, 0) is 48.0 Å². The van der Waals surface area contributed by atoms with Gasteiger partial charge in [-0.3, -0.25) is 4.21 Å². The van der Waals surface area contributed by atoms with Crippen LogP contribution < -0.4 is 0 Å². The van der Waals surface area contributed by atoms with Gasteiger partial charge in [0.05, 0.1) is 34.8 Å². The van der Waals surface area contributed by atoms with Gasteiger partial charge in [0.2, 0.25) is 0 Å². The van der Waals surface area contributed by atoms with E-state index in [1.807, 2.05) is 13.8 Å². The smallest absolute Gasteiger partial charge is 0.336 e. The first-order valence-corrected chi connectivity index (χ1v) is 7.56. The molecule has 1 rings (SSSR count). The van der Waals surface area contributed by atoms with Crippen LogP contribution in [-0.2, 0) is 15.5 Å². The highest BCUT2D eigenvalue weighted by atomic mass is 79.9. The van der Waals surface area contributed by atoms with E-state index in [9.17, 15) is 9.00 Å². The fourth-order valence-corrected chi connectivity index (χ4v) is 2.66. The molecule has 0 radical (unpaired) electrons. The lowest BCUT2D eigenvalue weighted by molar-refractivity contribution is 0.0695. The highest BCUT2D eigenvalue weighted by molar-refractivity contribution is 9.10. The second kappa shape index (κ2) is 7.01. The minimum absolute atomic E-state index is 0.0986. The Labute approximate surface area is 117 Å². The van der Waals surface area contributed by atoms with Crippen molar-refractivity contribution in [1.82, 2.24) is 0 Å². The predicted molar refractivity (Wildman–Crippen MR) is 73.5 cm³/mol. The Morgan fingerprint density at radius 1 is 1.50 bits per heavy atom. The number of hydrogen-bond donors (Lipinski definition) is 1. The predicted octanol–water partition coefficient (Wildman–Crippen LogP) is 2.68. The summed E-state index contributed by atoms with van der Waals surface area (Å²) in [4.78, 5) is 11.4. The van der Waals surface area contributed by atoms with Crippen molar-refractivity contribution in [3.8, 4) is 0 Å². The Kier molecular flexibility index (Phi) is 5.98. The van der Waals surface area contributed by atoms with Gasteiger partial charge in [-0.2, -0.15) is 0 Å². The van der Waals surface area contributed by atoms with Gasteiger partial charge in [-0.15, -0.1) is 0 Å². The third kappa shape index (κ3) is 4.51. The molecular formula is C12H15BrO4S. The molecule has 1 aromatic carbocycles. The zero-order chi connectivity index (χ0) is 13.7. The Morgan fingerprint density at radius 2 is 2.17 bits per heavy atom. The van der Waals surface area contributed by atoms with Crippen LogP contribution in [0.3, 0.4) is 0 Å². The molecule has 0 amide bonds. The van der Waals surface area contributed by atoms with Crippen LogP contribution in [0.5, 0.6) is 0 Å². The van der Waals surface area contributed by atoms with Crippen molar-refractivity contribution < 1.29 is 18.8 Å². The average molecular weight is 335 g/mol. The van der Waals surface area contributed by atoms with Crippen molar-refractivity contribution in [3.63, 3.8) is 0 Å². The van der Waals surface area contributed by atoms with Gasteiger partial charge < -0.3 is 9.84 Å². The van der Waals surface area contributed by atoms with E-state index < -0.39 is 16.8 Å². The molecule has 0 saturated carbocycles. The van der Waals surface area contributed by atoms with E-state index in [1.165, 1.54) is 6.07 Å². The Bertz CT molecular complexity index is 459. The van der Waals surface area contributed by atoms with Crippen LogP contribution in [0.4, 0.5) is 0 Å². The van der Waals surface area contributed by atoms with Crippen LogP contribution >= 0.6 is 15.9 Å². The van der Waals surface area contributed by atoms with E-state index in [4.69, 9.17) is 9.84 Å². The minimum Gasteiger partial charge on any atom is -0.478 e. The van der Waals surface area contributed by atoms with Crippen molar-refractivity contribution in [2.24, 2.45) is 0 Å². The van der Waals surface area contributed by atoms with Crippen LogP contribution in [0.2, 0.25) is 0 Å². The van der Waals surface area contributed by atoms with Crippen molar-refractivity contribution >= 4 is 32.7 Å². The lowest BCUT2D eigenvalue weighted by atomic mass is 10.2. The van der Waals surface area contributed by atoms with Gasteiger partial charge in [0.15, 0.2) is 0 Å². The number of hydrogen-bond acceptors (Lipinski definition) is 3. The second-order valence-corrected chi connectivity index (χ2v) is 6.34. The molecule has 0 aromatic heterocycles. The maximum atomic E-state index is 11.9. The molecule has 0 aliphatic rings. The number of carboxylic acids is 1. The van der Waals surface area contributed by atoms with Gasteiger partial charge in [0, 0.05) is 9.37 Å². The monoisotopic (exact) mass is 334 g/mol. The summed E-state index contributed by atoms with van der Waals surface area (Å²) >= 11 is 3.15. The summed E-state index contributed by atoms with van der Waals surface area (Å²) in [5.74, 6) is -0.682. The molecule has 1 atom stereocenters. The summed E-state index contributed by atoms with van der Waals surface area (Å²) < 4.78 is 17.7. The normalized spacial score (nSPS) is 12.7. The van der Waals surface area contributed by atoms with Gasteiger partial charge in [0.1, 0.15) is 0 Å². The number of halogens is 1. The molecule has 1 aromatic rings. The Hall–Kier alpha value is -0.720. The molecule has 1 N–H and O–H groups in total. The fourth-order valence-electron chi connectivity index (χ4n) is 1.29. The van der Waals surface area contributed by atoms with E-state index in [0.717, 1.165) is 0 Å². The maximum Gasteiger partial charge on any atom is 0.336 e. The van der Waals surface area contributed by atoms with Crippen LogP contribution in [0, 0.1) is 0 Å². The molecule has 1 unspecified atom stereocenters. The van der Waals surface area contributed by atoms with Gasteiger partial charge in [0.25, 0.3) is 0 Å². The number of rotatable bonds is 6. The van der Waals surface area contributed by atoms with E-state index in [-0.39, 0.29) is 11.7 Å². The Balaban J connectivity index is 2.74. The van der Waals surface area contributed by atoms with Crippen molar-refractivity contribution in [2.75, 3.05) is 12.4 Å². The zero-order valence-corrected chi connectivity index (χ0v) is 12.6. The third-order valence-corrected chi connectivity index (χ3v) is 4.16. The number of ether oxygens (including phenoxy) is 1. The first-order valence-electron chi connectivity index (χ1n) is 5.44. The molecule has 0 bridgehead atoms. The van der Waals surface area contributed by atoms with E-state index >= 15 is 0 Å². The largest absolute Gasteiger partial charge is 0.478 e. The molecule has 4 nitrogen and oxygen atoms in total. The van der Waals surface area contributed by atoms with E-state index in [2.05, 4.69) is 15.9 Å². The lowest BCUT2D eigenvalue weighted by Crippen LogP contribution is -2.11. The van der Waals surface area contributed by atoms with Gasteiger partial charge in [-0.1, -0.05) is 0 Å². The number of benzene rings is 1. The molecule has 18 heavy (non-hydrogen) atoms. The minimum atomic E-state index is -1.24. The summed E-state index contributed by atoms with van der Waals surface area (Å²) in [7, 11) is -1.24. The first-order chi connectivity index (χ1) is 8.41. The Morgan fingerprint density at radius 3 is 2.72 bits per heavy atom. The summed E-state index contributed by atoms with van der Waals surface area (Å²) in [6.45, 7) is 4.21. The van der Waals surface area contributed by atoms with Crippen LogP contribution in [0.25, 0.3) is 0 Å². The summed E-state index contributed by atoms with van der Waals surface area (Å²) in [6, 6.07) is 4.68. The summed E-state index contributed by atoms with van der Waals surface area (Å²) in [5.41, 5.74) is 0.116. The van der Waals surface area contributed by atoms with Crippen LogP contribution in [0.1, 0.15) is 24.2 Å². The highest BCUT2D eigenvalue weighted by Crippen LogP contribution is 2.20. The second-order valence-electron chi connectivity index (χ2n) is 3.92. The molecule has 0 fully saturated rings.